The molecular weight excluding hydrogens is 416 g/mol. The monoisotopic (exact) mass is 438 g/mol. The number of nitrogens with one attached hydrogen (secondary N) is 1. The summed E-state index contributed by atoms with van der Waals surface area (Å²) in [7, 11) is -0.863. The molecule has 0 saturated heterocycles. The van der Waals surface area contributed by atoms with Crippen LogP contribution in [0.1, 0.15) is 29.8 Å². The number of benzene rings is 2. The number of carbonyl (C=O) groups is 1. The van der Waals surface area contributed by atoms with Gasteiger partial charge in [0.05, 0.1) is 27.8 Å². The highest BCUT2D eigenvalue weighted by molar-refractivity contribution is 7.89. The molecule has 3 rings (SSSR count). The van der Waals surface area contributed by atoms with Crippen LogP contribution in [0.15, 0.2) is 35.2 Å². The minimum Gasteiger partial charge on any atom is -0.492 e. The molecule has 0 bridgehead atoms. The molecule has 0 aromatic heterocycles. The van der Waals surface area contributed by atoms with Crippen LogP contribution in [0.3, 0.4) is 0 Å². The molecule has 7 nitrogen and oxygen atoms in total. The summed E-state index contributed by atoms with van der Waals surface area (Å²) in [5.74, 6) is 0.662. The lowest BCUT2D eigenvalue weighted by atomic mass is 10.1. The minimum atomic E-state index is -3.70. The molecule has 1 amide bonds. The average molecular weight is 439 g/mol. The minimum absolute atomic E-state index is 0.0202. The van der Waals surface area contributed by atoms with E-state index < -0.39 is 15.9 Å². The summed E-state index contributed by atoms with van der Waals surface area (Å²) in [6.45, 7) is 4.24. The fraction of sp³-hybridized carbons (Fsp3) is 0.350. The lowest BCUT2D eigenvalue weighted by Gasteiger charge is -2.15. The van der Waals surface area contributed by atoms with Gasteiger partial charge in [0.1, 0.15) is 17.6 Å². The molecule has 1 aliphatic heterocycles. The number of ether oxygens (including phenoxy) is 2. The van der Waals surface area contributed by atoms with Crippen LogP contribution < -0.4 is 14.8 Å². The Morgan fingerprint density at radius 1 is 1.31 bits per heavy atom. The van der Waals surface area contributed by atoms with Crippen molar-refractivity contribution in [2.24, 2.45) is 0 Å². The van der Waals surface area contributed by atoms with E-state index in [0.717, 1.165) is 16.3 Å². The second-order valence-corrected chi connectivity index (χ2v) is 9.46. The fourth-order valence-electron chi connectivity index (χ4n) is 3.05. The smallest absolute Gasteiger partial charge is 0.257 e. The lowest BCUT2D eigenvalue weighted by Crippen LogP contribution is -2.23. The van der Waals surface area contributed by atoms with Gasteiger partial charge in [-0.1, -0.05) is 11.6 Å². The van der Waals surface area contributed by atoms with E-state index in [9.17, 15) is 13.2 Å². The molecule has 2 aromatic carbocycles. The number of anilines is 1. The SMILES string of the molecule is CCOc1cc2c(cc1NC(=O)c1cc(S(=O)(=O)N(C)C)ccc1Cl)O[C@H](C)C2. The Hall–Kier alpha value is -2.29. The number of nitrogens with zero attached hydrogens (tertiary/aromatic N) is 1. The third kappa shape index (κ3) is 4.34. The van der Waals surface area contributed by atoms with Gasteiger partial charge in [-0.25, -0.2) is 12.7 Å². The molecule has 1 heterocycles. The highest BCUT2D eigenvalue weighted by atomic mass is 35.5. The highest BCUT2D eigenvalue weighted by Gasteiger charge is 2.24. The van der Waals surface area contributed by atoms with Gasteiger partial charge in [-0.2, -0.15) is 0 Å². The summed E-state index contributed by atoms with van der Waals surface area (Å²) in [4.78, 5) is 12.9. The summed E-state index contributed by atoms with van der Waals surface area (Å²) >= 11 is 6.18. The second-order valence-electron chi connectivity index (χ2n) is 6.90. The zero-order chi connectivity index (χ0) is 21.3. The van der Waals surface area contributed by atoms with Crippen LogP contribution in [0.25, 0.3) is 0 Å². The Morgan fingerprint density at radius 3 is 2.69 bits per heavy atom. The summed E-state index contributed by atoms with van der Waals surface area (Å²) < 4.78 is 37.3. The number of amides is 1. The summed E-state index contributed by atoms with van der Waals surface area (Å²) in [5, 5.41) is 2.91. The molecule has 0 unspecified atom stereocenters. The lowest BCUT2D eigenvalue weighted by molar-refractivity contribution is 0.102. The maximum Gasteiger partial charge on any atom is 0.257 e. The molecule has 1 atom stereocenters. The standard InChI is InChI=1S/C20H23ClN2O5S/c1-5-27-19-9-13-8-12(2)28-18(13)11-17(19)22-20(24)15-10-14(6-7-16(15)21)29(25,26)23(3)4/h6-7,9-12H,5,8H2,1-4H3,(H,22,24)/t12-/m1/s1. The molecule has 2 aromatic rings. The van der Waals surface area contributed by atoms with Crippen LogP contribution in [0, 0.1) is 0 Å². The van der Waals surface area contributed by atoms with Gasteiger partial charge < -0.3 is 14.8 Å². The first-order chi connectivity index (χ1) is 13.6. The molecule has 0 aliphatic carbocycles. The number of halogens is 1. The number of sulfonamides is 1. The highest BCUT2D eigenvalue weighted by Crippen LogP contribution is 2.38. The fourth-order valence-corrected chi connectivity index (χ4v) is 4.18. The van der Waals surface area contributed by atoms with Crippen molar-refractivity contribution in [3.63, 3.8) is 0 Å². The summed E-state index contributed by atoms with van der Waals surface area (Å²) in [6, 6.07) is 7.59. The Bertz CT molecular complexity index is 1050. The number of hydrogen-bond acceptors (Lipinski definition) is 5. The van der Waals surface area contributed by atoms with Gasteiger partial charge in [0.25, 0.3) is 5.91 Å². The normalized spacial score (nSPS) is 15.7. The van der Waals surface area contributed by atoms with E-state index in [1.165, 1.54) is 32.3 Å². The van der Waals surface area contributed by atoms with Gasteiger partial charge in [0.2, 0.25) is 10.0 Å². The molecule has 0 radical (unpaired) electrons. The van der Waals surface area contributed by atoms with E-state index in [4.69, 9.17) is 21.1 Å². The number of fused-ring (bicyclic) bond motifs is 1. The van der Waals surface area contributed by atoms with E-state index >= 15 is 0 Å². The molecule has 156 valence electrons. The van der Waals surface area contributed by atoms with Crippen molar-refractivity contribution in [1.82, 2.24) is 4.31 Å². The van der Waals surface area contributed by atoms with Crippen molar-refractivity contribution < 1.29 is 22.7 Å². The number of hydrogen-bond donors (Lipinski definition) is 1. The van der Waals surface area contributed by atoms with Crippen LogP contribution in [0.5, 0.6) is 11.5 Å². The third-order valence-corrected chi connectivity index (χ3v) is 6.65. The molecular formula is C20H23ClN2O5S. The van der Waals surface area contributed by atoms with Crippen LogP contribution in [-0.2, 0) is 16.4 Å². The van der Waals surface area contributed by atoms with Crippen LogP contribution in [-0.4, -0.2) is 45.4 Å². The zero-order valence-electron chi connectivity index (χ0n) is 16.7. The van der Waals surface area contributed by atoms with E-state index in [1.54, 1.807) is 6.07 Å². The van der Waals surface area contributed by atoms with Gasteiger partial charge >= 0.3 is 0 Å². The van der Waals surface area contributed by atoms with Gasteiger partial charge in [0.15, 0.2) is 0 Å². The topological polar surface area (TPSA) is 84.9 Å². The first-order valence-electron chi connectivity index (χ1n) is 9.13. The predicted octanol–water partition coefficient (Wildman–Crippen LogP) is 3.56. The first kappa shape index (κ1) is 21.4. The van der Waals surface area contributed by atoms with Crippen LogP contribution in [0.2, 0.25) is 5.02 Å². The van der Waals surface area contributed by atoms with Gasteiger partial charge in [-0.15, -0.1) is 0 Å². The van der Waals surface area contributed by atoms with Crippen LogP contribution >= 0.6 is 11.6 Å². The van der Waals surface area contributed by atoms with Crippen molar-refractivity contribution in [2.45, 2.75) is 31.3 Å². The van der Waals surface area contributed by atoms with Crippen LogP contribution in [0.4, 0.5) is 5.69 Å². The van der Waals surface area contributed by atoms with Crippen molar-refractivity contribution in [1.29, 1.82) is 0 Å². The molecule has 9 heteroatoms. The largest absolute Gasteiger partial charge is 0.492 e. The maximum atomic E-state index is 12.9. The van der Waals surface area contributed by atoms with E-state index in [0.29, 0.717) is 23.8 Å². The molecule has 0 fully saturated rings. The van der Waals surface area contributed by atoms with Crippen molar-refractivity contribution >= 4 is 33.2 Å². The Labute approximate surface area is 175 Å². The Kier molecular flexibility index (Phi) is 6.07. The third-order valence-electron chi connectivity index (χ3n) is 4.51. The Morgan fingerprint density at radius 2 is 2.03 bits per heavy atom. The maximum absolute atomic E-state index is 12.9. The van der Waals surface area contributed by atoms with E-state index in [-0.39, 0.29) is 21.6 Å². The Balaban J connectivity index is 1.96. The van der Waals surface area contributed by atoms with Crippen molar-refractivity contribution in [3.8, 4) is 11.5 Å². The van der Waals surface area contributed by atoms with E-state index in [2.05, 4.69) is 5.32 Å². The number of carbonyl (C=O) groups excluding carboxylic acids is 1. The molecule has 0 saturated carbocycles. The van der Waals surface area contributed by atoms with Gasteiger partial charge in [-0.3, -0.25) is 4.79 Å². The molecule has 1 aliphatic rings. The average Bonchev–Trinajstić information content (AvgIpc) is 3.01. The summed E-state index contributed by atoms with van der Waals surface area (Å²) in [5.41, 5.74) is 1.49. The summed E-state index contributed by atoms with van der Waals surface area (Å²) in [6.07, 6.45) is 0.813. The molecule has 0 spiro atoms. The molecule has 29 heavy (non-hydrogen) atoms. The van der Waals surface area contributed by atoms with Gasteiger partial charge in [0, 0.05) is 32.1 Å². The number of rotatable bonds is 6. The molecule has 1 N–H and O–H groups in total. The second kappa shape index (κ2) is 8.22. The predicted molar refractivity (Wildman–Crippen MR) is 112 cm³/mol. The first-order valence-corrected chi connectivity index (χ1v) is 10.9. The van der Waals surface area contributed by atoms with Crippen molar-refractivity contribution in [2.75, 3.05) is 26.0 Å². The van der Waals surface area contributed by atoms with Gasteiger partial charge in [-0.05, 0) is 38.1 Å². The van der Waals surface area contributed by atoms with Crippen molar-refractivity contribution in [3.05, 3.63) is 46.5 Å². The van der Waals surface area contributed by atoms with E-state index in [1.807, 2.05) is 19.9 Å². The zero-order valence-corrected chi connectivity index (χ0v) is 18.2. The quantitative estimate of drug-likeness (QED) is 0.745.